The molecule has 13 unspecified atom stereocenters. The minimum Gasteiger partial charge on any atom is -0.458 e. The van der Waals surface area contributed by atoms with E-state index in [2.05, 4.69) is 6.92 Å². The van der Waals surface area contributed by atoms with Crippen LogP contribution >= 0.6 is 0 Å². The number of ketones is 1. The molecular formula is C36H48O9. The Balaban J connectivity index is 1.17. The third kappa shape index (κ3) is 4.95. The maximum atomic E-state index is 14.0. The number of cyclic esters (lactones) is 1. The van der Waals surface area contributed by atoms with Crippen LogP contribution in [0, 0.1) is 34.5 Å². The molecule has 0 aromatic heterocycles. The Bertz CT molecular complexity index is 1330. The van der Waals surface area contributed by atoms with Crippen LogP contribution in [0.4, 0.5) is 0 Å². The van der Waals surface area contributed by atoms with Crippen molar-refractivity contribution in [3.05, 3.63) is 47.5 Å². The molecule has 1 saturated heterocycles. The Hall–Kier alpha value is -2.14. The van der Waals surface area contributed by atoms with E-state index >= 15 is 0 Å². The molecule has 0 spiro atoms. The molecule has 2 heterocycles. The summed E-state index contributed by atoms with van der Waals surface area (Å²) in [4.78, 5) is 25.9. The van der Waals surface area contributed by atoms with Gasteiger partial charge in [-0.2, -0.15) is 0 Å². The smallest absolute Gasteiger partial charge is 0.331 e. The molecule has 246 valence electrons. The lowest BCUT2D eigenvalue weighted by atomic mass is 9.42. The fourth-order valence-electron chi connectivity index (χ4n) is 11.0. The molecule has 13 atom stereocenters. The van der Waals surface area contributed by atoms with Crippen molar-refractivity contribution in [1.29, 1.82) is 0 Å². The minimum atomic E-state index is -1.35. The number of Topliss-reactive ketones (excluding diaryl/α,β-unsaturated/α-hetero) is 1. The van der Waals surface area contributed by atoms with Gasteiger partial charge in [0.15, 0.2) is 12.1 Å². The molecule has 0 bridgehead atoms. The predicted molar refractivity (Wildman–Crippen MR) is 163 cm³/mol. The maximum Gasteiger partial charge on any atom is 0.331 e. The molecule has 6 aliphatic rings. The second-order valence-electron chi connectivity index (χ2n) is 15.2. The first kappa shape index (κ1) is 31.5. The van der Waals surface area contributed by atoms with Crippen molar-refractivity contribution in [2.45, 2.75) is 120 Å². The highest BCUT2D eigenvalue weighted by Gasteiger charge is 2.68. The number of esters is 1. The van der Waals surface area contributed by atoms with Crippen molar-refractivity contribution >= 4 is 11.8 Å². The topological polar surface area (TPSA) is 143 Å². The van der Waals surface area contributed by atoms with Crippen molar-refractivity contribution in [1.82, 2.24) is 0 Å². The van der Waals surface area contributed by atoms with Gasteiger partial charge in [0, 0.05) is 23.5 Å². The van der Waals surface area contributed by atoms with Crippen LogP contribution in [0.25, 0.3) is 0 Å². The maximum absolute atomic E-state index is 14.0. The quantitative estimate of drug-likeness (QED) is 0.212. The van der Waals surface area contributed by atoms with Crippen molar-refractivity contribution in [2.75, 3.05) is 6.61 Å². The monoisotopic (exact) mass is 624 g/mol. The fraction of sp³-hybridized carbons (Fsp3) is 0.722. The van der Waals surface area contributed by atoms with E-state index in [0.29, 0.717) is 37.9 Å². The molecule has 5 fully saturated rings. The molecule has 7 rings (SSSR count). The number of aliphatic hydroxyl groups excluding tert-OH is 3. The van der Waals surface area contributed by atoms with Crippen LogP contribution in [-0.2, 0) is 19.0 Å². The van der Waals surface area contributed by atoms with Gasteiger partial charge in [0.1, 0.15) is 24.9 Å². The molecule has 4 aliphatic carbocycles. The summed E-state index contributed by atoms with van der Waals surface area (Å²) in [6, 6.07) is 9.49. The highest BCUT2D eigenvalue weighted by molar-refractivity contribution is 5.96. The van der Waals surface area contributed by atoms with Crippen molar-refractivity contribution < 1.29 is 44.2 Å². The van der Waals surface area contributed by atoms with Crippen molar-refractivity contribution in [3.8, 4) is 0 Å². The molecule has 9 heteroatoms. The second kappa shape index (κ2) is 11.5. The lowest BCUT2D eigenvalue weighted by Gasteiger charge is -2.64. The molecule has 4 N–H and O–H groups in total. The first-order chi connectivity index (χ1) is 21.5. The summed E-state index contributed by atoms with van der Waals surface area (Å²) in [5, 5.41) is 43.9. The largest absolute Gasteiger partial charge is 0.458 e. The summed E-state index contributed by atoms with van der Waals surface area (Å²) >= 11 is 0. The van der Waals surface area contributed by atoms with Crippen LogP contribution in [0.3, 0.4) is 0 Å². The second-order valence-corrected chi connectivity index (χ2v) is 15.2. The summed E-state index contributed by atoms with van der Waals surface area (Å²) in [6.45, 7) is 4.18. The van der Waals surface area contributed by atoms with Crippen LogP contribution in [0.1, 0.15) is 88.4 Å². The summed E-state index contributed by atoms with van der Waals surface area (Å²) in [6.07, 6.45) is 3.36. The summed E-state index contributed by atoms with van der Waals surface area (Å²) < 4.78 is 17.4. The van der Waals surface area contributed by atoms with Crippen LogP contribution in [-0.4, -0.2) is 81.2 Å². The van der Waals surface area contributed by atoms with Gasteiger partial charge >= 0.3 is 5.97 Å². The van der Waals surface area contributed by atoms with E-state index in [1.54, 1.807) is 13.0 Å². The zero-order valence-electron chi connectivity index (χ0n) is 26.3. The molecule has 0 amide bonds. The van der Waals surface area contributed by atoms with Crippen molar-refractivity contribution in [3.63, 3.8) is 0 Å². The van der Waals surface area contributed by atoms with Crippen LogP contribution < -0.4 is 0 Å². The van der Waals surface area contributed by atoms with E-state index in [4.69, 9.17) is 14.2 Å². The van der Waals surface area contributed by atoms with Gasteiger partial charge in [0.2, 0.25) is 0 Å². The lowest BCUT2D eigenvalue weighted by molar-refractivity contribution is -0.310. The Morgan fingerprint density at radius 1 is 0.956 bits per heavy atom. The molecule has 0 radical (unpaired) electrons. The number of carbonyl (C=O) groups excluding carboxylic acids is 2. The number of fused-ring (bicyclic) bond motifs is 5. The Morgan fingerprint density at radius 2 is 1.73 bits per heavy atom. The van der Waals surface area contributed by atoms with E-state index in [0.717, 1.165) is 44.1 Å². The fourth-order valence-corrected chi connectivity index (χ4v) is 11.0. The van der Waals surface area contributed by atoms with Crippen LogP contribution in [0.2, 0.25) is 0 Å². The minimum absolute atomic E-state index is 0.0538. The molecule has 1 aromatic carbocycles. The van der Waals surface area contributed by atoms with Crippen molar-refractivity contribution in [2.24, 2.45) is 34.5 Å². The van der Waals surface area contributed by atoms with E-state index in [9.17, 15) is 30.0 Å². The Morgan fingerprint density at radius 3 is 2.47 bits per heavy atom. The number of aliphatic hydroxyl groups is 4. The Labute approximate surface area is 264 Å². The normalized spacial score (nSPS) is 47.7. The van der Waals surface area contributed by atoms with E-state index in [-0.39, 0.29) is 52.4 Å². The van der Waals surface area contributed by atoms with Gasteiger partial charge < -0.3 is 34.6 Å². The van der Waals surface area contributed by atoms with Gasteiger partial charge in [-0.25, -0.2) is 4.79 Å². The molecule has 45 heavy (non-hydrogen) atoms. The van der Waals surface area contributed by atoms with E-state index in [1.165, 1.54) is 0 Å². The zero-order chi connectivity index (χ0) is 31.7. The predicted octanol–water partition coefficient (Wildman–Crippen LogP) is 3.71. The first-order valence-electron chi connectivity index (χ1n) is 17.0. The number of ether oxygens (including phenoxy) is 3. The standard InChI is InChI=1S/C36H48O9/c1-20-30(39)31(40)32(41)33(44-20)45-24-10-14-35(18-28(37)21-6-4-3-5-7-21)23(17-24)8-9-27-26(35)11-13-34(2)25(12-15-36(27,34)42)22-16-29(38)43-19-22/h3-7,16,20,23-27,30-33,39-42H,8-15,17-19H2,1-2H3. The first-order valence-corrected chi connectivity index (χ1v) is 17.0. The third-order valence-corrected chi connectivity index (χ3v) is 13.4. The number of carbonyl (C=O) groups is 2. The Kier molecular flexibility index (Phi) is 8.06. The van der Waals surface area contributed by atoms with Crippen LogP contribution in [0.15, 0.2) is 42.0 Å². The van der Waals surface area contributed by atoms with E-state index < -0.39 is 36.3 Å². The zero-order valence-corrected chi connectivity index (χ0v) is 26.3. The van der Waals surface area contributed by atoms with Gasteiger partial charge in [-0.3, -0.25) is 4.79 Å². The number of hydrogen-bond acceptors (Lipinski definition) is 9. The lowest BCUT2D eigenvalue weighted by Crippen LogP contribution is -2.63. The van der Waals surface area contributed by atoms with Gasteiger partial charge in [-0.1, -0.05) is 37.3 Å². The molecule has 9 nitrogen and oxygen atoms in total. The SMILES string of the molecule is CC1OC(OC2CCC3(CC(=O)c4ccccc4)C(CCC4C3CCC3(C)C(C5=CC(=O)OC5)CCC43O)C2)C(O)C(O)C1O. The molecule has 2 aliphatic heterocycles. The van der Waals surface area contributed by atoms with Gasteiger partial charge in [0.25, 0.3) is 0 Å². The summed E-state index contributed by atoms with van der Waals surface area (Å²) in [5.74, 6) is 0.365. The molecule has 4 saturated carbocycles. The number of rotatable bonds is 6. The highest BCUT2D eigenvalue weighted by atomic mass is 16.7. The third-order valence-electron chi connectivity index (χ3n) is 13.4. The molecule has 1 aromatic rings. The number of hydrogen-bond donors (Lipinski definition) is 4. The number of benzene rings is 1. The van der Waals surface area contributed by atoms with Gasteiger partial charge in [0.05, 0.1) is 17.8 Å². The summed E-state index contributed by atoms with van der Waals surface area (Å²) in [5.41, 5.74) is 0.177. The van der Waals surface area contributed by atoms with Gasteiger partial charge in [-0.05, 0) is 99.4 Å². The van der Waals surface area contributed by atoms with Crippen LogP contribution in [0.5, 0.6) is 0 Å². The van der Waals surface area contributed by atoms with E-state index in [1.807, 2.05) is 30.3 Å². The molecular weight excluding hydrogens is 576 g/mol. The summed E-state index contributed by atoms with van der Waals surface area (Å²) in [7, 11) is 0. The highest BCUT2D eigenvalue weighted by Crippen LogP contribution is 2.71. The average molecular weight is 625 g/mol. The average Bonchev–Trinajstić information content (AvgIpc) is 3.58. The van der Waals surface area contributed by atoms with Gasteiger partial charge in [-0.15, -0.1) is 0 Å².